The van der Waals surface area contributed by atoms with Crippen molar-refractivity contribution in [3.63, 3.8) is 0 Å². The molecule has 0 unspecified atom stereocenters. The summed E-state index contributed by atoms with van der Waals surface area (Å²) in [7, 11) is 1.95. The maximum absolute atomic E-state index is 4.13. The van der Waals surface area contributed by atoms with Crippen LogP contribution in [0.3, 0.4) is 0 Å². The Balaban J connectivity index is 3.73. The van der Waals surface area contributed by atoms with Crippen molar-refractivity contribution in [2.45, 2.75) is 19.9 Å². The zero-order chi connectivity index (χ0) is 8.69. The Kier molecular flexibility index (Phi) is 5.17. The van der Waals surface area contributed by atoms with Crippen LogP contribution in [0.2, 0.25) is 0 Å². The summed E-state index contributed by atoms with van der Waals surface area (Å²) in [4.78, 5) is 0. The summed E-state index contributed by atoms with van der Waals surface area (Å²) < 4.78 is 0. The SMILES string of the molecule is C=C/C=C\C=N/N(C)C(C)C. The molecule has 0 rings (SSSR count). The molecule has 2 heteroatoms. The maximum atomic E-state index is 4.13. The Bertz CT molecular complexity index is 157. The smallest absolute Gasteiger partial charge is 0.0470 e. The molecule has 0 amide bonds. The second-order valence-electron chi connectivity index (χ2n) is 2.55. The van der Waals surface area contributed by atoms with Crippen molar-refractivity contribution in [1.82, 2.24) is 5.01 Å². The van der Waals surface area contributed by atoms with E-state index in [9.17, 15) is 0 Å². The first-order valence-electron chi connectivity index (χ1n) is 3.73. The second kappa shape index (κ2) is 5.71. The third-order valence-corrected chi connectivity index (χ3v) is 1.33. The number of hydrogen-bond donors (Lipinski definition) is 0. The van der Waals surface area contributed by atoms with Crippen molar-refractivity contribution in [2.24, 2.45) is 5.10 Å². The van der Waals surface area contributed by atoms with E-state index in [0.29, 0.717) is 6.04 Å². The van der Waals surface area contributed by atoms with Crippen LogP contribution in [-0.4, -0.2) is 24.3 Å². The minimum atomic E-state index is 0.448. The van der Waals surface area contributed by atoms with Crippen molar-refractivity contribution in [3.05, 3.63) is 24.8 Å². The van der Waals surface area contributed by atoms with Gasteiger partial charge in [-0.2, -0.15) is 5.10 Å². The molecule has 0 aromatic heterocycles. The van der Waals surface area contributed by atoms with Crippen molar-refractivity contribution < 1.29 is 0 Å². The summed E-state index contributed by atoms with van der Waals surface area (Å²) in [5.74, 6) is 0. The molecule has 0 aromatic rings. The first-order chi connectivity index (χ1) is 5.18. The summed E-state index contributed by atoms with van der Waals surface area (Å²) >= 11 is 0. The van der Waals surface area contributed by atoms with E-state index in [2.05, 4.69) is 25.5 Å². The lowest BCUT2D eigenvalue weighted by Crippen LogP contribution is -2.19. The zero-order valence-electron chi connectivity index (χ0n) is 7.49. The lowest BCUT2D eigenvalue weighted by molar-refractivity contribution is 0.290. The Hall–Kier alpha value is -1.05. The highest BCUT2D eigenvalue weighted by Crippen LogP contribution is 1.91. The van der Waals surface area contributed by atoms with Gasteiger partial charge in [-0.05, 0) is 19.9 Å². The molecule has 0 atom stereocenters. The van der Waals surface area contributed by atoms with Crippen LogP contribution in [0.4, 0.5) is 0 Å². The van der Waals surface area contributed by atoms with Gasteiger partial charge in [0.05, 0.1) is 0 Å². The van der Waals surface area contributed by atoms with E-state index in [-0.39, 0.29) is 0 Å². The third-order valence-electron chi connectivity index (χ3n) is 1.33. The van der Waals surface area contributed by atoms with Gasteiger partial charge in [-0.3, -0.25) is 5.01 Å². The highest BCUT2D eigenvalue weighted by atomic mass is 15.4. The Morgan fingerprint density at radius 3 is 2.45 bits per heavy atom. The van der Waals surface area contributed by atoms with E-state index in [1.54, 1.807) is 12.3 Å². The summed E-state index contributed by atoms with van der Waals surface area (Å²) in [5.41, 5.74) is 0. The van der Waals surface area contributed by atoms with Gasteiger partial charge in [0, 0.05) is 19.3 Å². The molecule has 0 aliphatic rings. The molecule has 0 saturated heterocycles. The molecule has 0 fully saturated rings. The first kappa shape index (κ1) is 9.95. The molecule has 0 aromatic carbocycles. The number of allylic oxidation sites excluding steroid dienone is 3. The highest BCUT2D eigenvalue weighted by Gasteiger charge is 1.94. The van der Waals surface area contributed by atoms with Gasteiger partial charge in [0.15, 0.2) is 0 Å². The molecular formula is C9H16N2. The molecular weight excluding hydrogens is 136 g/mol. The van der Waals surface area contributed by atoms with Crippen LogP contribution >= 0.6 is 0 Å². The van der Waals surface area contributed by atoms with Crippen LogP contribution in [0.25, 0.3) is 0 Å². The van der Waals surface area contributed by atoms with Gasteiger partial charge in [-0.15, -0.1) is 0 Å². The Morgan fingerprint density at radius 1 is 1.36 bits per heavy atom. The van der Waals surface area contributed by atoms with Gasteiger partial charge in [0.2, 0.25) is 0 Å². The minimum absolute atomic E-state index is 0.448. The van der Waals surface area contributed by atoms with Crippen LogP contribution in [0.1, 0.15) is 13.8 Å². The van der Waals surface area contributed by atoms with E-state index in [1.807, 2.05) is 24.2 Å². The van der Waals surface area contributed by atoms with Crippen molar-refractivity contribution in [3.8, 4) is 0 Å². The average Bonchev–Trinajstić information content (AvgIpc) is 1.97. The van der Waals surface area contributed by atoms with Crippen LogP contribution in [-0.2, 0) is 0 Å². The van der Waals surface area contributed by atoms with E-state index >= 15 is 0 Å². The van der Waals surface area contributed by atoms with Crippen molar-refractivity contribution in [1.29, 1.82) is 0 Å². The molecule has 2 nitrogen and oxygen atoms in total. The van der Waals surface area contributed by atoms with Gasteiger partial charge < -0.3 is 0 Å². The summed E-state index contributed by atoms with van der Waals surface area (Å²) in [6, 6.07) is 0.448. The van der Waals surface area contributed by atoms with E-state index in [0.717, 1.165) is 0 Å². The summed E-state index contributed by atoms with van der Waals surface area (Å²) in [6.45, 7) is 7.73. The number of rotatable bonds is 4. The van der Waals surface area contributed by atoms with Crippen molar-refractivity contribution in [2.75, 3.05) is 7.05 Å². The molecule has 11 heavy (non-hydrogen) atoms. The fourth-order valence-electron chi connectivity index (χ4n) is 0.405. The Morgan fingerprint density at radius 2 is 2.00 bits per heavy atom. The molecule has 0 heterocycles. The quantitative estimate of drug-likeness (QED) is 0.342. The standard InChI is InChI=1S/C9H16N2/c1-5-6-7-8-10-11(4)9(2)3/h5-9H,1H2,2-4H3/b7-6-,10-8-. The largest absolute Gasteiger partial charge is 0.298 e. The molecule has 0 saturated carbocycles. The third kappa shape index (κ3) is 5.40. The fraction of sp³-hybridized carbons (Fsp3) is 0.444. The predicted octanol–water partition coefficient (Wildman–Crippen LogP) is 2.05. The number of hydrazone groups is 1. The Labute approximate surface area is 68.9 Å². The molecule has 0 aliphatic carbocycles. The van der Waals surface area contributed by atoms with E-state index in [1.165, 1.54) is 0 Å². The predicted molar refractivity (Wildman–Crippen MR) is 50.7 cm³/mol. The van der Waals surface area contributed by atoms with Crippen LogP contribution in [0.5, 0.6) is 0 Å². The van der Waals surface area contributed by atoms with Crippen molar-refractivity contribution >= 4 is 6.21 Å². The van der Waals surface area contributed by atoms with Gasteiger partial charge in [-0.1, -0.05) is 18.7 Å². The first-order valence-corrected chi connectivity index (χ1v) is 3.73. The molecule has 62 valence electrons. The lowest BCUT2D eigenvalue weighted by atomic mass is 10.4. The molecule has 0 bridgehead atoms. The molecule has 0 spiro atoms. The molecule has 0 aliphatic heterocycles. The average molecular weight is 152 g/mol. The van der Waals surface area contributed by atoms with Gasteiger partial charge in [0.1, 0.15) is 0 Å². The van der Waals surface area contributed by atoms with Gasteiger partial charge in [-0.25, -0.2) is 0 Å². The monoisotopic (exact) mass is 152 g/mol. The summed E-state index contributed by atoms with van der Waals surface area (Å²) in [5, 5.41) is 6.03. The van der Waals surface area contributed by atoms with E-state index in [4.69, 9.17) is 0 Å². The van der Waals surface area contributed by atoms with E-state index < -0.39 is 0 Å². The minimum Gasteiger partial charge on any atom is -0.298 e. The zero-order valence-corrected chi connectivity index (χ0v) is 7.49. The summed E-state index contributed by atoms with van der Waals surface area (Å²) in [6.07, 6.45) is 7.17. The lowest BCUT2D eigenvalue weighted by Gasteiger charge is -2.15. The van der Waals surface area contributed by atoms with Gasteiger partial charge in [0.25, 0.3) is 0 Å². The molecule has 0 radical (unpaired) electrons. The fourth-order valence-corrected chi connectivity index (χ4v) is 0.405. The number of nitrogens with zero attached hydrogens (tertiary/aromatic N) is 2. The second-order valence-corrected chi connectivity index (χ2v) is 2.55. The topological polar surface area (TPSA) is 15.6 Å². The number of hydrogen-bond acceptors (Lipinski definition) is 2. The highest BCUT2D eigenvalue weighted by molar-refractivity contribution is 5.71. The normalized spacial score (nSPS) is 11.6. The van der Waals surface area contributed by atoms with Crippen LogP contribution in [0.15, 0.2) is 29.9 Å². The van der Waals surface area contributed by atoms with Crippen LogP contribution in [0, 0.1) is 0 Å². The molecule has 0 N–H and O–H groups in total. The maximum Gasteiger partial charge on any atom is 0.0470 e. The van der Waals surface area contributed by atoms with Gasteiger partial charge >= 0.3 is 0 Å². The van der Waals surface area contributed by atoms with Crippen LogP contribution < -0.4 is 0 Å².